The maximum atomic E-state index is 2.73. The van der Waals surface area contributed by atoms with E-state index in [1.807, 2.05) is 0 Å². The standard InChI is InChI=1S/C17H26N2/c1-15-4-6-16(7-5-15)14-18-12-8-17(9-13-18)19-10-2-3-11-19/h4-7,17H,2-3,8-14H2,1H3. The van der Waals surface area contributed by atoms with Gasteiger partial charge in [0.05, 0.1) is 0 Å². The van der Waals surface area contributed by atoms with Crippen LogP contribution in [0.1, 0.15) is 36.8 Å². The molecule has 0 radical (unpaired) electrons. The number of hydrogen-bond donors (Lipinski definition) is 0. The van der Waals surface area contributed by atoms with Crippen molar-refractivity contribution in [2.75, 3.05) is 26.2 Å². The molecule has 0 aromatic heterocycles. The van der Waals surface area contributed by atoms with Gasteiger partial charge in [-0.2, -0.15) is 0 Å². The normalized spacial score (nSPS) is 23.0. The summed E-state index contributed by atoms with van der Waals surface area (Å²) in [6, 6.07) is 9.89. The average molecular weight is 258 g/mol. The van der Waals surface area contributed by atoms with Gasteiger partial charge in [-0.05, 0) is 64.3 Å². The molecule has 1 aromatic rings. The SMILES string of the molecule is Cc1ccc(CN2CCC(N3CCCC3)CC2)cc1. The van der Waals surface area contributed by atoms with Crippen LogP contribution < -0.4 is 0 Å². The first-order chi connectivity index (χ1) is 9.31. The van der Waals surface area contributed by atoms with Gasteiger partial charge in [-0.25, -0.2) is 0 Å². The lowest BCUT2D eigenvalue weighted by molar-refractivity contribution is 0.122. The van der Waals surface area contributed by atoms with E-state index in [9.17, 15) is 0 Å². The Morgan fingerprint density at radius 1 is 0.947 bits per heavy atom. The summed E-state index contributed by atoms with van der Waals surface area (Å²) in [4.78, 5) is 5.35. The summed E-state index contributed by atoms with van der Waals surface area (Å²) in [5, 5.41) is 0. The van der Waals surface area contributed by atoms with Crippen LogP contribution >= 0.6 is 0 Å². The van der Waals surface area contributed by atoms with Gasteiger partial charge in [0.15, 0.2) is 0 Å². The third kappa shape index (κ3) is 3.37. The number of likely N-dealkylation sites (tertiary alicyclic amines) is 2. The summed E-state index contributed by atoms with van der Waals surface area (Å²) in [5.41, 5.74) is 2.82. The number of hydrogen-bond acceptors (Lipinski definition) is 2. The van der Waals surface area contributed by atoms with Crippen LogP contribution in [0.2, 0.25) is 0 Å². The summed E-state index contributed by atoms with van der Waals surface area (Å²) in [6.45, 7) is 8.54. The van der Waals surface area contributed by atoms with Crippen LogP contribution in [0.4, 0.5) is 0 Å². The fraction of sp³-hybridized carbons (Fsp3) is 0.647. The van der Waals surface area contributed by atoms with E-state index in [0.717, 1.165) is 12.6 Å². The first kappa shape index (κ1) is 13.1. The van der Waals surface area contributed by atoms with Gasteiger partial charge in [-0.3, -0.25) is 4.90 Å². The smallest absolute Gasteiger partial charge is 0.0233 e. The molecule has 0 spiro atoms. The zero-order chi connectivity index (χ0) is 13.1. The highest BCUT2D eigenvalue weighted by atomic mass is 15.2. The molecule has 2 saturated heterocycles. The molecule has 2 fully saturated rings. The minimum absolute atomic E-state index is 0.872. The van der Waals surface area contributed by atoms with E-state index in [4.69, 9.17) is 0 Å². The van der Waals surface area contributed by atoms with Crippen molar-refractivity contribution >= 4 is 0 Å². The lowest BCUT2D eigenvalue weighted by Crippen LogP contribution is -2.43. The predicted molar refractivity (Wildman–Crippen MR) is 80.3 cm³/mol. The van der Waals surface area contributed by atoms with Crippen molar-refractivity contribution < 1.29 is 0 Å². The molecule has 1 aromatic carbocycles. The van der Waals surface area contributed by atoms with E-state index in [0.29, 0.717) is 0 Å². The first-order valence-electron chi connectivity index (χ1n) is 7.83. The van der Waals surface area contributed by atoms with Crippen LogP contribution in [0.25, 0.3) is 0 Å². The number of aryl methyl sites for hydroxylation is 1. The molecule has 0 unspecified atom stereocenters. The van der Waals surface area contributed by atoms with E-state index < -0.39 is 0 Å². The molecular weight excluding hydrogens is 232 g/mol. The van der Waals surface area contributed by atoms with Crippen molar-refractivity contribution in [3.63, 3.8) is 0 Å². The molecule has 0 bridgehead atoms. The van der Waals surface area contributed by atoms with Crippen molar-refractivity contribution in [3.05, 3.63) is 35.4 Å². The van der Waals surface area contributed by atoms with E-state index >= 15 is 0 Å². The number of benzene rings is 1. The zero-order valence-corrected chi connectivity index (χ0v) is 12.1. The Balaban J connectivity index is 1.48. The highest BCUT2D eigenvalue weighted by Gasteiger charge is 2.26. The van der Waals surface area contributed by atoms with Gasteiger partial charge in [-0.1, -0.05) is 29.8 Å². The average Bonchev–Trinajstić information content (AvgIpc) is 2.96. The third-order valence-electron chi connectivity index (χ3n) is 4.74. The van der Waals surface area contributed by atoms with E-state index in [1.165, 1.54) is 63.0 Å². The minimum Gasteiger partial charge on any atom is -0.300 e. The van der Waals surface area contributed by atoms with E-state index in [-0.39, 0.29) is 0 Å². The van der Waals surface area contributed by atoms with Crippen LogP contribution in [0, 0.1) is 6.92 Å². The molecule has 2 aliphatic heterocycles. The largest absolute Gasteiger partial charge is 0.300 e. The van der Waals surface area contributed by atoms with Gasteiger partial charge in [0.25, 0.3) is 0 Å². The second-order valence-corrected chi connectivity index (χ2v) is 6.24. The highest BCUT2D eigenvalue weighted by Crippen LogP contribution is 2.22. The molecule has 2 aliphatic rings. The number of nitrogens with zero attached hydrogens (tertiary/aromatic N) is 2. The fourth-order valence-corrected chi connectivity index (χ4v) is 3.50. The molecule has 0 N–H and O–H groups in total. The Kier molecular flexibility index (Phi) is 4.19. The van der Waals surface area contributed by atoms with Gasteiger partial charge >= 0.3 is 0 Å². The van der Waals surface area contributed by atoms with Crippen molar-refractivity contribution in [1.82, 2.24) is 9.80 Å². The summed E-state index contributed by atoms with van der Waals surface area (Å²) in [6.07, 6.45) is 5.57. The molecular formula is C17H26N2. The van der Waals surface area contributed by atoms with E-state index in [2.05, 4.69) is 41.0 Å². The molecule has 0 amide bonds. The zero-order valence-electron chi connectivity index (χ0n) is 12.1. The number of rotatable bonds is 3. The van der Waals surface area contributed by atoms with Crippen molar-refractivity contribution in [3.8, 4) is 0 Å². The Hall–Kier alpha value is -0.860. The number of piperidine rings is 1. The lowest BCUT2D eigenvalue weighted by atomic mass is 10.0. The monoisotopic (exact) mass is 258 g/mol. The van der Waals surface area contributed by atoms with Crippen LogP contribution in [-0.4, -0.2) is 42.0 Å². The Morgan fingerprint density at radius 2 is 1.58 bits per heavy atom. The first-order valence-corrected chi connectivity index (χ1v) is 7.83. The summed E-state index contributed by atoms with van der Waals surface area (Å²) in [5.74, 6) is 0. The second kappa shape index (κ2) is 6.06. The van der Waals surface area contributed by atoms with Crippen LogP contribution in [0.5, 0.6) is 0 Å². The van der Waals surface area contributed by atoms with Gasteiger partial charge in [0, 0.05) is 12.6 Å². The van der Waals surface area contributed by atoms with Gasteiger partial charge in [-0.15, -0.1) is 0 Å². The van der Waals surface area contributed by atoms with Crippen LogP contribution in [0.3, 0.4) is 0 Å². The summed E-state index contributed by atoms with van der Waals surface area (Å²) < 4.78 is 0. The molecule has 0 saturated carbocycles. The Labute approximate surface area is 117 Å². The van der Waals surface area contributed by atoms with Crippen molar-refractivity contribution in [1.29, 1.82) is 0 Å². The molecule has 2 heterocycles. The molecule has 3 rings (SSSR count). The fourth-order valence-electron chi connectivity index (χ4n) is 3.50. The third-order valence-corrected chi connectivity index (χ3v) is 4.74. The molecule has 19 heavy (non-hydrogen) atoms. The van der Waals surface area contributed by atoms with E-state index in [1.54, 1.807) is 0 Å². The molecule has 2 nitrogen and oxygen atoms in total. The summed E-state index contributed by atoms with van der Waals surface area (Å²) in [7, 11) is 0. The lowest BCUT2D eigenvalue weighted by Gasteiger charge is -2.36. The Morgan fingerprint density at radius 3 is 2.21 bits per heavy atom. The predicted octanol–water partition coefficient (Wildman–Crippen LogP) is 3.06. The van der Waals surface area contributed by atoms with Crippen LogP contribution in [0.15, 0.2) is 24.3 Å². The maximum Gasteiger partial charge on any atom is 0.0233 e. The second-order valence-electron chi connectivity index (χ2n) is 6.24. The van der Waals surface area contributed by atoms with Crippen molar-refractivity contribution in [2.24, 2.45) is 0 Å². The van der Waals surface area contributed by atoms with Gasteiger partial charge < -0.3 is 4.90 Å². The summed E-state index contributed by atoms with van der Waals surface area (Å²) >= 11 is 0. The molecule has 0 atom stereocenters. The topological polar surface area (TPSA) is 6.48 Å². The highest BCUT2D eigenvalue weighted by molar-refractivity contribution is 5.21. The Bertz CT molecular complexity index is 384. The van der Waals surface area contributed by atoms with Crippen LogP contribution in [-0.2, 0) is 6.54 Å². The molecule has 104 valence electrons. The van der Waals surface area contributed by atoms with Gasteiger partial charge in [0.2, 0.25) is 0 Å². The minimum atomic E-state index is 0.872. The molecule has 2 heteroatoms. The van der Waals surface area contributed by atoms with Crippen molar-refractivity contribution in [2.45, 2.75) is 45.2 Å². The van der Waals surface area contributed by atoms with Gasteiger partial charge in [0.1, 0.15) is 0 Å². The molecule has 0 aliphatic carbocycles. The quantitative estimate of drug-likeness (QED) is 0.822. The maximum absolute atomic E-state index is 2.73.